The normalized spacial score (nSPS) is 18.8. The van der Waals surface area contributed by atoms with Gasteiger partial charge in [-0.1, -0.05) is 30.6 Å². The van der Waals surface area contributed by atoms with Crippen molar-refractivity contribution in [1.29, 1.82) is 0 Å². The maximum atomic E-state index is 12.6. The summed E-state index contributed by atoms with van der Waals surface area (Å²) >= 11 is 1.60. The summed E-state index contributed by atoms with van der Waals surface area (Å²) in [5.41, 5.74) is 0. The van der Waals surface area contributed by atoms with Gasteiger partial charge in [0.15, 0.2) is 0 Å². The number of carbonyl (C=O) groups excluding carboxylic acids is 1. The van der Waals surface area contributed by atoms with Gasteiger partial charge >= 0.3 is 0 Å². The lowest BCUT2D eigenvalue weighted by atomic mass is 9.94. The number of hydrogen-bond acceptors (Lipinski definition) is 6. The van der Waals surface area contributed by atoms with Crippen LogP contribution in [0.2, 0.25) is 0 Å². The summed E-state index contributed by atoms with van der Waals surface area (Å²) in [7, 11) is 2.24. The second kappa shape index (κ2) is 10.4. The molecule has 8 heteroatoms. The van der Waals surface area contributed by atoms with E-state index in [0.29, 0.717) is 0 Å². The van der Waals surface area contributed by atoms with Gasteiger partial charge in [-0.3, -0.25) is 9.36 Å². The Labute approximate surface area is 183 Å². The van der Waals surface area contributed by atoms with E-state index >= 15 is 0 Å². The van der Waals surface area contributed by atoms with Crippen molar-refractivity contribution >= 4 is 22.4 Å². The predicted molar refractivity (Wildman–Crippen MR) is 121 cm³/mol. The van der Waals surface area contributed by atoms with E-state index in [1.165, 1.54) is 32.1 Å². The van der Waals surface area contributed by atoms with Gasteiger partial charge in [-0.15, -0.1) is 10.2 Å². The molecule has 0 atom stereocenters. The molecule has 2 fully saturated rings. The third-order valence-electron chi connectivity index (χ3n) is 6.55. The Bertz CT molecular complexity index is 777. The van der Waals surface area contributed by atoms with Gasteiger partial charge in [-0.05, 0) is 57.8 Å². The van der Waals surface area contributed by atoms with Crippen LogP contribution in [-0.4, -0.2) is 64.8 Å². The molecule has 30 heavy (non-hydrogen) atoms. The Hall–Kier alpha value is -1.93. The van der Waals surface area contributed by atoms with Crippen LogP contribution in [0.3, 0.4) is 0 Å². The molecular formula is C22H34N6OS. The minimum absolute atomic E-state index is 0.120. The molecule has 1 saturated carbocycles. The number of hydrogen-bond donors (Lipinski definition) is 1. The van der Waals surface area contributed by atoms with Gasteiger partial charge in [0, 0.05) is 44.0 Å². The molecule has 1 N–H and O–H groups in total. The summed E-state index contributed by atoms with van der Waals surface area (Å²) in [5, 5.41) is 13.6. The fourth-order valence-electron chi connectivity index (χ4n) is 4.62. The summed E-state index contributed by atoms with van der Waals surface area (Å²) < 4.78 is 1.98. The molecule has 3 heterocycles. The number of nitrogens with zero attached hydrogens (tertiary/aromatic N) is 5. The van der Waals surface area contributed by atoms with Gasteiger partial charge in [0.1, 0.15) is 0 Å². The molecule has 2 aromatic rings. The van der Waals surface area contributed by atoms with Crippen LogP contribution >= 0.6 is 11.3 Å². The molecule has 1 amide bonds. The Morgan fingerprint density at radius 2 is 1.80 bits per heavy atom. The van der Waals surface area contributed by atoms with E-state index in [1.54, 1.807) is 11.3 Å². The number of rotatable bonds is 8. The average molecular weight is 431 g/mol. The standard InChI is InChI=1S/C22H34N6OS/c1-26(19-8-3-2-4-9-19)13-7-12-23-20(29)18-10-16-28(17-11-18)22-25-24-21(30-22)27-14-5-6-15-27/h5-6,14-15,18-19H,2-4,7-13,16-17H2,1H3,(H,23,29). The number of carbonyl (C=O) groups is 1. The largest absolute Gasteiger partial charge is 0.356 e. The number of nitrogens with one attached hydrogen (secondary N) is 1. The maximum absolute atomic E-state index is 12.6. The minimum atomic E-state index is 0.120. The molecule has 4 rings (SSSR count). The van der Waals surface area contributed by atoms with E-state index in [1.807, 2.05) is 29.1 Å². The van der Waals surface area contributed by atoms with Gasteiger partial charge in [-0.25, -0.2) is 0 Å². The topological polar surface area (TPSA) is 66.3 Å². The third-order valence-corrected chi connectivity index (χ3v) is 7.55. The second-order valence-corrected chi connectivity index (χ2v) is 9.57. The van der Waals surface area contributed by atoms with Crippen molar-refractivity contribution < 1.29 is 4.79 Å². The molecule has 2 aromatic heterocycles. The van der Waals surface area contributed by atoms with Crippen LogP contribution in [0.4, 0.5) is 5.13 Å². The highest BCUT2D eigenvalue weighted by Crippen LogP contribution is 2.28. The Balaban J connectivity index is 1.15. The molecule has 1 aliphatic carbocycles. The highest BCUT2D eigenvalue weighted by Gasteiger charge is 2.26. The molecule has 164 valence electrons. The fraction of sp³-hybridized carbons (Fsp3) is 0.682. The molecule has 1 aliphatic heterocycles. The first-order valence-electron chi connectivity index (χ1n) is 11.4. The zero-order valence-corrected chi connectivity index (χ0v) is 18.8. The molecular weight excluding hydrogens is 396 g/mol. The lowest BCUT2D eigenvalue weighted by Crippen LogP contribution is -2.41. The second-order valence-electron chi connectivity index (χ2n) is 8.64. The van der Waals surface area contributed by atoms with Crippen LogP contribution in [0.25, 0.3) is 5.13 Å². The van der Waals surface area contributed by atoms with Crippen LogP contribution in [0, 0.1) is 5.92 Å². The summed E-state index contributed by atoms with van der Waals surface area (Å²) in [6.07, 6.45) is 13.6. The van der Waals surface area contributed by atoms with E-state index in [0.717, 1.165) is 61.7 Å². The number of aromatic nitrogens is 3. The Kier molecular flexibility index (Phi) is 7.38. The fourth-order valence-corrected chi connectivity index (χ4v) is 5.49. The van der Waals surface area contributed by atoms with Crippen molar-refractivity contribution in [1.82, 2.24) is 25.0 Å². The molecule has 2 aliphatic rings. The lowest BCUT2D eigenvalue weighted by molar-refractivity contribution is -0.125. The number of piperidine rings is 1. The van der Waals surface area contributed by atoms with Crippen molar-refractivity contribution in [2.24, 2.45) is 5.92 Å². The summed E-state index contributed by atoms with van der Waals surface area (Å²) in [4.78, 5) is 17.3. The molecule has 0 unspecified atom stereocenters. The molecule has 7 nitrogen and oxygen atoms in total. The monoisotopic (exact) mass is 430 g/mol. The molecule has 0 bridgehead atoms. The van der Waals surface area contributed by atoms with E-state index in [9.17, 15) is 4.79 Å². The smallest absolute Gasteiger partial charge is 0.223 e. The average Bonchev–Trinajstić information content (AvgIpc) is 3.49. The van der Waals surface area contributed by atoms with Crippen molar-refractivity contribution in [2.45, 2.75) is 57.4 Å². The van der Waals surface area contributed by atoms with E-state index in [4.69, 9.17) is 0 Å². The first-order valence-corrected chi connectivity index (χ1v) is 12.2. The summed E-state index contributed by atoms with van der Waals surface area (Å²) in [5.74, 6) is 0.342. The summed E-state index contributed by atoms with van der Waals surface area (Å²) in [6, 6.07) is 4.72. The molecule has 0 aromatic carbocycles. The zero-order chi connectivity index (χ0) is 20.8. The van der Waals surface area contributed by atoms with Gasteiger partial charge < -0.3 is 15.1 Å². The summed E-state index contributed by atoms with van der Waals surface area (Å²) in [6.45, 7) is 3.59. The molecule has 0 spiro atoms. The van der Waals surface area contributed by atoms with Crippen LogP contribution in [-0.2, 0) is 4.79 Å². The number of anilines is 1. The highest BCUT2D eigenvalue weighted by atomic mass is 32.1. The van der Waals surface area contributed by atoms with Crippen LogP contribution in [0.5, 0.6) is 0 Å². The van der Waals surface area contributed by atoms with Crippen molar-refractivity contribution in [2.75, 3.05) is 38.1 Å². The van der Waals surface area contributed by atoms with E-state index < -0.39 is 0 Å². The van der Waals surface area contributed by atoms with Gasteiger partial charge in [-0.2, -0.15) is 0 Å². The first kappa shape index (κ1) is 21.3. The first-order chi connectivity index (χ1) is 14.7. The lowest BCUT2D eigenvalue weighted by Gasteiger charge is -2.31. The molecule has 0 radical (unpaired) electrons. The van der Waals surface area contributed by atoms with Crippen molar-refractivity contribution in [3.8, 4) is 5.13 Å². The van der Waals surface area contributed by atoms with E-state index in [-0.39, 0.29) is 11.8 Å². The van der Waals surface area contributed by atoms with Gasteiger partial charge in [0.05, 0.1) is 0 Å². The van der Waals surface area contributed by atoms with Crippen LogP contribution in [0.15, 0.2) is 24.5 Å². The van der Waals surface area contributed by atoms with E-state index in [2.05, 4.69) is 32.4 Å². The van der Waals surface area contributed by atoms with Gasteiger partial charge in [0.2, 0.25) is 16.2 Å². The van der Waals surface area contributed by atoms with Crippen LogP contribution < -0.4 is 10.2 Å². The van der Waals surface area contributed by atoms with Crippen LogP contribution in [0.1, 0.15) is 51.4 Å². The number of amides is 1. The van der Waals surface area contributed by atoms with Crippen molar-refractivity contribution in [3.63, 3.8) is 0 Å². The maximum Gasteiger partial charge on any atom is 0.223 e. The minimum Gasteiger partial charge on any atom is -0.356 e. The zero-order valence-electron chi connectivity index (χ0n) is 18.0. The molecule has 1 saturated heterocycles. The van der Waals surface area contributed by atoms with Gasteiger partial charge in [0.25, 0.3) is 0 Å². The Morgan fingerprint density at radius 1 is 1.10 bits per heavy atom. The Morgan fingerprint density at radius 3 is 2.53 bits per heavy atom. The predicted octanol–water partition coefficient (Wildman–Crippen LogP) is 3.32. The third kappa shape index (κ3) is 5.40. The highest BCUT2D eigenvalue weighted by molar-refractivity contribution is 7.17. The quantitative estimate of drug-likeness (QED) is 0.651. The SMILES string of the molecule is CN(CCCNC(=O)C1CCN(c2nnc(-n3cccc3)s2)CC1)C1CCCCC1. The van der Waals surface area contributed by atoms with Crippen molar-refractivity contribution in [3.05, 3.63) is 24.5 Å².